The van der Waals surface area contributed by atoms with E-state index in [0.717, 1.165) is 24.2 Å². The molecule has 0 unspecified atom stereocenters. The molecule has 0 amide bonds. The molecule has 172 valence electrons. The third-order valence-electron chi connectivity index (χ3n) is 7.85. The van der Waals surface area contributed by atoms with Gasteiger partial charge in [-0.05, 0) is 92.4 Å². The molecule has 4 saturated carbocycles. The van der Waals surface area contributed by atoms with Crippen LogP contribution in [0.5, 0.6) is 0 Å². The summed E-state index contributed by atoms with van der Waals surface area (Å²) in [5.41, 5.74) is 0.327. The number of nitrogens with one attached hydrogen (secondary N) is 1. The van der Waals surface area contributed by atoms with Gasteiger partial charge in [0.15, 0.2) is 0 Å². The van der Waals surface area contributed by atoms with Gasteiger partial charge in [-0.1, -0.05) is 0 Å². The van der Waals surface area contributed by atoms with Gasteiger partial charge >= 0.3 is 0 Å². The minimum atomic E-state index is -3.66. The van der Waals surface area contributed by atoms with Crippen LogP contribution in [-0.4, -0.2) is 54.0 Å². The van der Waals surface area contributed by atoms with Crippen molar-refractivity contribution in [3.8, 4) is 0 Å². The maximum absolute atomic E-state index is 12.8. The minimum absolute atomic E-state index is 0.110. The number of rotatable bonds is 7. The normalized spacial score (nSPS) is 33.6. The fourth-order valence-electron chi connectivity index (χ4n) is 6.86. The number of hydrogen-bond acceptors (Lipinski definition) is 5. The zero-order chi connectivity index (χ0) is 21.7. The maximum atomic E-state index is 12.8. The molecule has 4 aliphatic carbocycles. The van der Waals surface area contributed by atoms with Crippen LogP contribution in [0, 0.1) is 23.2 Å². The molecule has 5 aliphatic rings. The van der Waals surface area contributed by atoms with E-state index in [4.69, 9.17) is 4.74 Å². The van der Waals surface area contributed by atoms with Gasteiger partial charge in [0, 0.05) is 19.6 Å². The molecule has 31 heavy (non-hydrogen) atoms. The molecule has 0 spiro atoms. The monoisotopic (exact) mass is 468 g/mol. The number of nitrogens with zero attached hydrogens (tertiary/aromatic N) is 1. The average Bonchev–Trinajstić information content (AvgIpc) is 2.73. The molecular formula is C22H32N2O5S2. The van der Waals surface area contributed by atoms with Crippen molar-refractivity contribution in [2.24, 2.45) is 23.2 Å². The Bertz CT molecular complexity index is 979. The highest BCUT2D eigenvalue weighted by Crippen LogP contribution is 2.61. The molecule has 1 saturated heterocycles. The van der Waals surface area contributed by atoms with Crippen LogP contribution < -0.4 is 4.72 Å². The van der Waals surface area contributed by atoms with E-state index in [1.807, 2.05) is 0 Å². The first-order valence-electron chi connectivity index (χ1n) is 11.4. The Balaban J connectivity index is 1.22. The summed E-state index contributed by atoms with van der Waals surface area (Å²) < 4.78 is 60.4. The van der Waals surface area contributed by atoms with Crippen molar-refractivity contribution in [3.05, 3.63) is 24.3 Å². The van der Waals surface area contributed by atoms with Gasteiger partial charge < -0.3 is 4.74 Å². The summed E-state index contributed by atoms with van der Waals surface area (Å²) in [6, 6.07) is 5.55. The second-order valence-electron chi connectivity index (χ2n) is 10.1. The second kappa shape index (κ2) is 8.09. The van der Waals surface area contributed by atoms with Crippen LogP contribution in [0.3, 0.4) is 0 Å². The number of benzene rings is 1. The quantitative estimate of drug-likeness (QED) is 0.664. The second-order valence-corrected chi connectivity index (χ2v) is 13.8. The SMILES string of the molecule is O=S(=O)(NCCC12CC3CC(CC(C3)C1)C2)c1ccc(S(=O)(=O)N2CCOCC2)cc1. The molecule has 9 heteroatoms. The molecule has 0 atom stereocenters. The molecule has 1 aromatic carbocycles. The van der Waals surface area contributed by atoms with E-state index in [2.05, 4.69) is 4.72 Å². The van der Waals surface area contributed by atoms with Gasteiger partial charge in [0.05, 0.1) is 23.0 Å². The van der Waals surface area contributed by atoms with Gasteiger partial charge in [-0.2, -0.15) is 4.31 Å². The highest BCUT2D eigenvalue weighted by atomic mass is 32.2. The first kappa shape index (κ1) is 21.8. The van der Waals surface area contributed by atoms with E-state index in [9.17, 15) is 16.8 Å². The lowest BCUT2D eigenvalue weighted by molar-refractivity contribution is -0.0561. The van der Waals surface area contributed by atoms with Crippen LogP contribution >= 0.6 is 0 Å². The van der Waals surface area contributed by atoms with Crippen LogP contribution in [0.1, 0.15) is 44.9 Å². The van der Waals surface area contributed by atoms with E-state index < -0.39 is 20.0 Å². The lowest BCUT2D eigenvalue weighted by atomic mass is 9.49. The van der Waals surface area contributed by atoms with Crippen molar-refractivity contribution in [1.82, 2.24) is 9.03 Å². The van der Waals surface area contributed by atoms with Crippen LogP contribution in [0.15, 0.2) is 34.1 Å². The van der Waals surface area contributed by atoms with E-state index in [-0.39, 0.29) is 9.79 Å². The van der Waals surface area contributed by atoms with E-state index in [1.165, 1.54) is 67.1 Å². The standard InChI is InChI=1S/C22H32N2O5S2/c25-30(26,23-6-5-22-14-17-11-18(15-22)13-19(12-17)16-22)20-1-3-21(4-2-20)31(27,28)24-7-9-29-10-8-24/h1-4,17-19,23H,5-16H2. The summed E-state index contributed by atoms with van der Waals surface area (Å²) in [7, 11) is -7.29. The molecule has 1 aromatic rings. The largest absolute Gasteiger partial charge is 0.379 e. The van der Waals surface area contributed by atoms with Crippen molar-refractivity contribution in [2.45, 2.75) is 54.7 Å². The van der Waals surface area contributed by atoms with Gasteiger partial charge in [0.25, 0.3) is 0 Å². The van der Waals surface area contributed by atoms with Crippen LogP contribution in [0.2, 0.25) is 0 Å². The van der Waals surface area contributed by atoms with Crippen LogP contribution in [-0.2, 0) is 24.8 Å². The average molecular weight is 469 g/mol. The van der Waals surface area contributed by atoms with Gasteiger partial charge in [-0.3, -0.25) is 0 Å². The minimum Gasteiger partial charge on any atom is -0.379 e. The Morgan fingerprint density at radius 1 is 0.871 bits per heavy atom. The lowest BCUT2D eigenvalue weighted by Gasteiger charge is -2.57. The van der Waals surface area contributed by atoms with Gasteiger partial charge in [0.1, 0.15) is 0 Å². The Labute approximate surface area is 185 Å². The molecule has 4 bridgehead atoms. The van der Waals surface area contributed by atoms with Gasteiger partial charge in [-0.25, -0.2) is 21.6 Å². The summed E-state index contributed by atoms with van der Waals surface area (Å²) in [4.78, 5) is 0.223. The lowest BCUT2D eigenvalue weighted by Crippen LogP contribution is -2.47. The smallest absolute Gasteiger partial charge is 0.243 e. The molecule has 1 N–H and O–H groups in total. The van der Waals surface area contributed by atoms with Crippen LogP contribution in [0.25, 0.3) is 0 Å². The zero-order valence-electron chi connectivity index (χ0n) is 17.8. The van der Waals surface area contributed by atoms with Crippen LogP contribution in [0.4, 0.5) is 0 Å². The zero-order valence-corrected chi connectivity index (χ0v) is 19.5. The predicted octanol–water partition coefficient (Wildman–Crippen LogP) is 2.59. The Hall–Kier alpha value is -1.00. The highest BCUT2D eigenvalue weighted by molar-refractivity contribution is 7.89. The van der Waals surface area contributed by atoms with Crippen molar-refractivity contribution >= 4 is 20.0 Å². The van der Waals surface area contributed by atoms with Gasteiger partial charge in [-0.15, -0.1) is 0 Å². The Morgan fingerprint density at radius 3 is 1.94 bits per heavy atom. The first-order valence-corrected chi connectivity index (χ1v) is 14.4. The fourth-order valence-corrected chi connectivity index (χ4v) is 9.30. The van der Waals surface area contributed by atoms with Gasteiger partial charge in [0.2, 0.25) is 20.0 Å². The molecule has 0 aromatic heterocycles. The van der Waals surface area contributed by atoms with E-state index in [0.29, 0.717) is 38.3 Å². The third-order valence-corrected chi connectivity index (χ3v) is 11.2. The number of hydrogen-bond donors (Lipinski definition) is 1. The van der Waals surface area contributed by atoms with Crippen molar-refractivity contribution < 1.29 is 21.6 Å². The molecule has 1 heterocycles. The predicted molar refractivity (Wildman–Crippen MR) is 116 cm³/mol. The first-order chi connectivity index (χ1) is 14.8. The third kappa shape index (κ3) is 4.31. The molecule has 7 nitrogen and oxygen atoms in total. The summed E-state index contributed by atoms with van der Waals surface area (Å²) >= 11 is 0. The molecule has 1 aliphatic heterocycles. The number of ether oxygens (including phenoxy) is 1. The van der Waals surface area contributed by atoms with Crippen molar-refractivity contribution in [2.75, 3.05) is 32.8 Å². The topological polar surface area (TPSA) is 92.8 Å². The molecular weight excluding hydrogens is 436 g/mol. The fraction of sp³-hybridized carbons (Fsp3) is 0.727. The summed E-state index contributed by atoms with van der Waals surface area (Å²) in [6.45, 7) is 1.82. The van der Waals surface area contributed by atoms with Crippen molar-refractivity contribution in [3.63, 3.8) is 0 Å². The van der Waals surface area contributed by atoms with E-state index in [1.54, 1.807) is 0 Å². The molecule has 6 rings (SSSR count). The number of morpholine rings is 1. The van der Waals surface area contributed by atoms with E-state index >= 15 is 0 Å². The number of sulfonamides is 2. The Morgan fingerprint density at radius 2 is 1.39 bits per heavy atom. The summed E-state index contributed by atoms with van der Waals surface area (Å²) in [5, 5.41) is 0. The summed E-state index contributed by atoms with van der Waals surface area (Å²) in [6.07, 6.45) is 8.82. The molecule has 0 radical (unpaired) electrons. The molecule has 5 fully saturated rings. The highest BCUT2D eigenvalue weighted by Gasteiger charge is 2.50. The van der Waals surface area contributed by atoms with Crippen molar-refractivity contribution in [1.29, 1.82) is 0 Å². The summed E-state index contributed by atoms with van der Waals surface area (Å²) in [5.74, 6) is 2.55. The maximum Gasteiger partial charge on any atom is 0.243 e. The Kier molecular flexibility index (Phi) is 5.70.